The number of alkyl halides is 6. The number of Topliss-reactive ketones (excluding diaryl/α,β-unsaturated/α-hetero) is 1. The van der Waals surface area contributed by atoms with Crippen molar-refractivity contribution < 1.29 is 53.5 Å². The molecule has 0 aliphatic rings. The van der Waals surface area contributed by atoms with Crippen molar-refractivity contribution in [3.8, 4) is 0 Å². The highest BCUT2D eigenvalue weighted by atomic mass is 32.2. The van der Waals surface area contributed by atoms with E-state index < -0.39 is 37.7 Å². The van der Waals surface area contributed by atoms with Crippen LogP contribution in [0.15, 0.2) is 11.6 Å². The van der Waals surface area contributed by atoms with Gasteiger partial charge in [0.05, 0.1) is 12.5 Å². The zero-order valence-corrected chi connectivity index (χ0v) is 14.6. The van der Waals surface area contributed by atoms with Crippen molar-refractivity contribution in [2.75, 3.05) is 18.3 Å². The van der Waals surface area contributed by atoms with Crippen LogP contribution in [0.25, 0.3) is 0 Å². The maximum Gasteiger partial charge on any atom is 0.702 e. The maximum atomic E-state index is 11.9. The summed E-state index contributed by atoms with van der Waals surface area (Å²) in [5.41, 5.74) is 0.503. The molecule has 154 valence electrons. The van der Waals surface area contributed by atoms with Gasteiger partial charge in [-0.1, -0.05) is 11.6 Å². The predicted octanol–water partition coefficient (Wildman–Crippen LogP) is 4.16. The second-order valence-electron chi connectivity index (χ2n) is 5.04. The Kier molecular flexibility index (Phi) is 11.1. The summed E-state index contributed by atoms with van der Waals surface area (Å²) >= 11 is 0. The second kappa shape index (κ2) is 10.7. The first-order valence-corrected chi connectivity index (χ1v) is 8.86. The van der Waals surface area contributed by atoms with Gasteiger partial charge < -0.3 is 17.6 Å². The fraction of sp³-hybridized carbons (Fsp3) is 0.667. The van der Waals surface area contributed by atoms with Gasteiger partial charge in [-0.15, -0.1) is 0 Å². The van der Waals surface area contributed by atoms with Gasteiger partial charge in [-0.3, -0.25) is 4.79 Å². The quantitative estimate of drug-likeness (QED) is 0.280. The topological polar surface area (TPSA) is 43.4 Å². The number of halogens is 9. The van der Waals surface area contributed by atoms with Gasteiger partial charge in [-0.05, 0) is 17.8 Å². The van der Waals surface area contributed by atoms with Crippen LogP contribution in [0.3, 0.4) is 0 Å². The third kappa shape index (κ3) is 16.2. The highest BCUT2D eigenvalue weighted by Gasteiger charge is 2.45. The summed E-state index contributed by atoms with van der Waals surface area (Å²) in [6, 6.07) is 0. The minimum absolute atomic E-state index is 0.287. The van der Waals surface area contributed by atoms with Gasteiger partial charge in [0, 0.05) is 12.8 Å². The van der Waals surface area contributed by atoms with Crippen LogP contribution in [-0.2, 0) is 25.1 Å². The third-order valence-corrected chi connectivity index (χ3v) is 3.30. The third-order valence-electron chi connectivity index (χ3n) is 2.25. The standard InChI is InChI=1S/C10H16F3OS.C2BF6O2/c1-8(5-4-6-15(2)3)7-9(14)10(11,12)13;4-2(5,6)1(10)11-3(7,8)9/h5H,4,6-7H2,1-3H3;/q+1;-1/b8-5+;. The second-order valence-corrected chi connectivity index (χ2v) is 7.42. The Bertz CT molecular complexity index is 496. The molecule has 0 aromatic rings. The summed E-state index contributed by atoms with van der Waals surface area (Å²) in [4.78, 5) is 20.0. The molecule has 0 radical (unpaired) electrons. The summed E-state index contributed by atoms with van der Waals surface area (Å²) in [7, 11) is -5.89. The lowest BCUT2D eigenvalue weighted by atomic mass is 10.1. The minimum atomic E-state index is -6.18. The summed E-state index contributed by atoms with van der Waals surface area (Å²) < 4.78 is 104. The average molecular weight is 422 g/mol. The highest BCUT2D eigenvalue weighted by Crippen LogP contribution is 2.21. The van der Waals surface area contributed by atoms with Crippen molar-refractivity contribution in [2.24, 2.45) is 0 Å². The lowest BCUT2D eigenvalue weighted by Crippen LogP contribution is -2.34. The Hall–Kier alpha value is -1.34. The molecule has 0 fully saturated rings. The molecular formula is C12H16BF9O3S. The first-order valence-electron chi connectivity index (χ1n) is 6.65. The van der Waals surface area contributed by atoms with E-state index in [4.69, 9.17) is 0 Å². The lowest BCUT2D eigenvalue weighted by Gasteiger charge is -2.17. The molecular weight excluding hydrogens is 406 g/mol. The smallest absolute Gasteiger partial charge is 0.602 e. The average Bonchev–Trinajstić information content (AvgIpc) is 2.34. The minimum Gasteiger partial charge on any atom is -0.602 e. The SMILES string of the molecule is C/C(=C\CC[S+](C)C)CC(=O)C(F)(F)F.O=C(O[B-](F)(F)F)C(F)(F)F. The lowest BCUT2D eigenvalue weighted by molar-refractivity contribution is -0.193. The largest absolute Gasteiger partial charge is 0.702 e. The molecule has 0 aromatic carbocycles. The molecule has 0 N–H and O–H groups in total. The normalized spacial score (nSPS) is 13.2. The highest BCUT2D eigenvalue weighted by molar-refractivity contribution is 7.95. The zero-order chi connectivity index (χ0) is 21.3. The number of carbonyl (C=O) groups is 2. The predicted molar refractivity (Wildman–Crippen MR) is 79.4 cm³/mol. The molecule has 0 aromatic heterocycles. The molecule has 0 amide bonds. The Balaban J connectivity index is 0. The van der Waals surface area contributed by atoms with Gasteiger partial charge in [0.1, 0.15) is 5.75 Å². The number of carbonyl (C=O) groups excluding carboxylic acids is 2. The van der Waals surface area contributed by atoms with E-state index in [1.807, 2.05) is 0 Å². The van der Waals surface area contributed by atoms with Crippen LogP contribution >= 0.6 is 0 Å². The number of allylic oxidation sites excluding steroid dienone is 2. The molecule has 0 aliphatic heterocycles. The van der Waals surface area contributed by atoms with E-state index in [1.54, 1.807) is 13.0 Å². The molecule has 0 saturated carbocycles. The Labute approximate surface area is 146 Å². The molecule has 0 heterocycles. The van der Waals surface area contributed by atoms with E-state index in [-0.39, 0.29) is 10.9 Å². The van der Waals surface area contributed by atoms with Crippen molar-refractivity contribution in [3.05, 3.63) is 11.6 Å². The molecule has 0 bridgehead atoms. The van der Waals surface area contributed by atoms with E-state index in [2.05, 4.69) is 17.2 Å². The summed E-state index contributed by atoms with van der Waals surface area (Å²) in [6.45, 7) is 1.56. The van der Waals surface area contributed by atoms with Crippen molar-refractivity contribution in [1.29, 1.82) is 0 Å². The van der Waals surface area contributed by atoms with Crippen molar-refractivity contribution in [1.82, 2.24) is 0 Å². The van der Waals surface area contributed by atoms with E-state index >= 15 is 0 Å². The van der Waals surface area contributed by atoms with Crippen LogP contribution in [-0.4, -0.2) is 49.5 Å². The van der Waals surface area contributed by atoms with Crippen molar-refractivity contribution in [3.63, 3.8) is 0 Å². The fourth-order valence-corrected chi connectivity index (χ4v) is 1.74. The Morgan fingerprint density at radius 1 is 1.00 bits per heavy atom. The van der Waals surface area contributed by atoms with E-state index in [0.717, 1.165) is 12.2 Å². The first-order chi connectivity index (χ1) is 11.4. The van der Waals surface area contributed by atoms with Crippen molar-refractivity contribution >= 4 is 29.8 Å². The molecule has 0 spiro atoms. The van der Waals surface area contributed by atoms with Gasteiger partial charge >= 0.3 is 25.5 Å². The zero-order valence-electron chi connectivity index (χ0n) is 13.8. The van der Waals surface area contributed by atoms with E-state index in [1.165, 1.54) is 0 Å². The van der Waals surface area contributed by atoms with Crippen LogP contribution in [0.2, 0.25) is 0 Å². The summed E-state index contributed by atoms with van der Waals surface area (Å²) in [5.74, 6) is -3.95. The molecule has 0 unspecified atom stereocenters. The number of hydrogen-bond donors (Lipinski definition) is 0. The summed E-state index contributed by atoms with van der Waals surface area (Å²) in [6.07, 6.45) is -4.20. The first kappa shape index (κ1) is 26.9. The van der Waals surface area contributed by atoms with Crippen LogP contribution in [0.1, 0.15) is 19.8 Å². The molecule has 0 aliphatic carbocycles. The number of ketones is 1. The van der Waals surface area contributed by atoms with Crippen LogP contribution in [0.5, 0.6) is 0 Å². The Morgan fingerprint density at radius 2 is 1.46 bits per heavy atom. The molecule has 0 rings (SSSR count). The summed E-state index contributed by atoms with van der Waals surface area (Å²) in [5, 5.41) is 0. The molecule has 0 saturated heterocycles. The monoisotopic (exact) mass is 422 g/mol. The van der Waals surface area contributed by atoms with Gasteiger partial charge in [-0.25, -0.2) is 4.79 Å². The number of rotatable bonds is 6. The Morgan fingerprint density at radius 3 is 1.73 bits per heavy atom. The molecule has 3 nitrogen and oxygen atoms in total. The van der Waals surface area contributed by atoms with E-state index in [9.17, 15) is 48.9 Å². The molecule has 26 heavy (non-hydrogen) atoms. The van der Waals surface area contributed by atoms with Gasteiger partial charge in [0.15, 0.2) is 0 Å². The van der Waals surface area contributed by atoms with Crippen molar-refractivity contribution in [2.45, 2.75) is 32.1 Å². The van der Waals surface area contributed by atoms with Gasteiger partial charge in [0.2, 0.25) is 5.78 Å². The fourth-order valence-electron chi connectivity index (χ4n) is 1.15. The van der Waals surface area contributed by atoms with Crippen LogP contribution in [0.4, 0.5) is 39.3 Å². The molecule has 14 heteroatoms. The van der Waals surface area contributed by atoms with Gasteiger partial charge in [0.25, 0.3) is 0 Å². The molecule has 0 atom stereocenters. The van der Waals surface area contributed by atoms with Crippen LogP contribution in [0, 0.1) is 0 Å². The van der Waals surface area contributed by atoms with Gasteiger partial charge in [-0.2, -0.15) is 26.3 Å². The maximum absolute atomic E-state index is 11.9. The van der Waals surface area contributed by atoms with Crippen LogP contribution < -0.4 is 0 Å². The van der Waals surface area contributed by atoms with E-state index in [0.29, 0.717) is 5.57 Å². The number of hydrogen-bond acceptors (Lipinski definition) is 3.